The molecule has 15 aromatic carbocycles. The fourth-order valence-electron chi connectivity index (χ4n) is 15.7. The zero-order valence-corrected chi connectivity index (χ0v) is 55.0. The van der Waals surface area contributed by atoms with Gasteiger partial charge >= 0.3 is 0 Å². The molecule has 8 heteroatoms. The van der Waals surface area contributed by atoms with Gasteiger partial charge in [0.05, 0.1) is 17.1 Å². The molecule has 458 valence electrons. The number of hydrogen-bond acceptors (Lipinski definition) is 6. The molecule has 15 aromatic rings. The summed E-state index contributed by atoms with van der Waals surface area (Å²) in [5.74, 6) is 0. The van der Waals surface area contributed by atoms with Gasteiger partial charge in [0, 0.05) is 87.5 Å². The van der Waals surface area contributed by atoms with Crippen LogP contribution in [0.4, 0.5) is 68.2 Å². The maximum Gasteiger partial charge on any atom is 0.252 e. The Hall–Kier alpha value is -11.7. The molecule has 0 radical (unpaired) electrons. The van der Waals surface area contributed by atoms with Gasteiger partial charge < -0.3 is 19.6 Å². The molecular weight excluding hydrogens is 1220 g/mol. The third-order valence-corrected chi connectivity index (χ3v) is 22.2. The van der Waals surface area contributed by atoms with Gasteiger partial charge in [-0.3, -0.25) is 0 Å². The number of nitrogens with zero attached hydrogens (tertiary/aromatic N) is 4. The molecule has 98 heavy (non-hydrogen) atoms. The molecule has 0 atom stereocenters. The highest BCUT2D eigenvalue weighted by Crippen LogP contribution is 2.54. The number of hydrogen-bond donors (Lipinski definition) is 0. The molecule has 0 bridgehead atoms. The summed E-state index contributed by atoms with van der Waals surface area (Å²) in [6.07, 6.45) is 0. The van der Waals surface area contributed by atoms with Crippen molar-refractivity contribution < 1.29 is 0 Å². The molecule has 0 unspecified atom stereocenters. The number of rotatable bonds is 12. The lowest BCUT2D eigenvalue weighted by Gasteiger charge is -2.46. The van der Waals surface area contributed by atoms with Crippen molar-refractivity contribution in [1.82, 2.24) is 0 Å². The van der Waals surface area contributed by atoms with E-state index >= 15 is 0 Å². The normalized spacial score (nSPS) is 12.7. The van der Waals surface area contributed by atoms with Crippen LogP contribution in [0.15, 0.2) is 384 Å². The summed E-state index contributed by atoms with van der Waals surface area (Å²) in [7, 11) is 0. The third kappa shape index (κ3) is 9.73. The first-order chi connectivity index (χ1) is 48.6. The van der Waals surface area contributed by atoms with E-state index in [2.05, 4.69) is 384 Å². The highest BCUT2D eigenvalue weighted by atomic mass is 32.2. The van der Waals surface area contributed by atoms with Crippen molar-refractivity contribution in [3.8, 4) is 44.5 Å². The van der Waals surface area contributed by atoms with E-state index in [1.54, 1.807) is 0 Å². The van der Waals surface area contributed by atoms with Crippen LogP contribution in [0, 0.1) is 0 Å². The minimum atomic E-state index is -0.187. The van der Waals surface area contributed by atoms with Crippen molar-refractivity contribution in [2.24, 2.45) is 0 Å². The smallest absolute Gasteiger partial charge is 0.252 e. The van der Waals surface area contributed by atoms with Crippen LogP contribution in [0.2, 0.25) is 0 Å². The number of para-hydroxylation sites is 6. The molecule has 4 aliphatic heterocycles. The highest BCUT2D eigenvalue weighted by molar-refractivity contribution is 8.01. The Bertz CT molecular complexity index is 5440. The number of fused-ring (bicyclic) bond motifs is 8. The fourth-order valence-corrected chi connectivity index (χ4v) is 18.2. The Morgan fingerprint density at radius 3 is 1.31 bits per heavy atom. The van der Waals surface area contributed by atoms with Crippen LogP contribution < -0.4 is 52.4 Å². The Labute approximate surface area is 581 Å². The zero-order valence-electron chi connectivity index (χ0n) is 53.4. The van der Waals surface area contributed by atoms with E-state index in [1.807, 2.05) is 23.5 Å². The van der Waals surface area contributed by atoms with Gasteiger partial charge in [0.2, 0.25) is 6.71 Å². The van der Waals surface area contributed by atoms with E-state index in [-0.39, 0.29) is 13.4 Å². The monoisotopic (exact) mass is 1280 g/mol. The van der Waals surface area contributed by atoms with Crippen LogP contribution in [-0.2, 0) is 0 Å². The Morgan fingerprint density at radius 1 is 0.235 bits per heavy atom. The van der Waals surface area contributed by atoms with Crippen molar-refractivity contribution in [2.45, 2.75) is 19.6 Å². The van der Waals surface area contributed by atoms with Crippen molar-refractivity contribution in [3.05, 3.63) is 364 Å². The molecule has 19 rings (SSSR count). The average Bonchev–Trinajstić information content (AvgIpc) is 0.688. The van der Waals surface area contributed by atoms with Gasteiger partial charge in [-0.1, -0.05) is 301 Å². The predicted molar refractivity (Wildman–Crippen MR) is 417 cm³/mol. The lowest BCUT2D eigenvalue weighted by atomic mass is 9.31. The molecule has 0 spiro atoms. The Balaban J connectivity index is 0.930. The van der Waals surface area contributed by atoms with E-state index in [0.29, 0.717) is 0 Å². The number of anilines is 12. The van der Waals surface area contributed by atoms with Crippen molar-refractivity contribution in [3.63, 3.8) is 0 Å². The lowest BCUT2D eigenvalue weighted by molar-refractivity contribution is 1.22. The predicted octanol–water partition coefficient (Wildman–Crippen LogP) is 20.8. The van der Waals surface area contributed by atoms with Crippen LogP contribution in [0.25, 0.3) is 44.5 Å². The minimum Gasteiger partial charge on any atom is -0.311 e. The maximum atomic E-state index is 2.70. The summed E-state index contributed by atoms with van der Waals surface area (Å²) in [5, 5.41) is 0. The first kappa shape index (κ1) is 57.7. The van der Waals surface area contributed by atoms with Crippen LogP contribution >= 0.6 is 23.5 Å². The topological polar surface area (TPSA) is 13.0 Å². The molecule has 0 fully saturated rings. The zero-order chi connectivity index (χ0) is 64.6. The van der Waals surface area contributed by atoms with E-state index < -0.39 is 0 Å². The van der Waals surface area contributed by atoms with Gasteiger partial charge in [-0.2, -0.15) is 0 Å². The van der Waals surface area contributed by atoms with Gasteiger partial charge in [-0.25, -0.2) is 0 Å². The van der Waals surface area contributed by atoms with Gasteiger partial charge in [-0.05, 0) is 147 Å². The molecule has 0 amide bonds. The summed E-state index contributed by atoms with van der Waals surface area (Å²) in [6.45, 7) is -0.220. The second-order valence-corrected chi connectivity index (χ2v) is 27.6. The van der Waals surface area contributed by atoms with E-state index in [4.69, 9.17) is 0 Å². The van der Waals surface area contributed by atoms with Crippen LogP contribution in [0.1, 0.15) is 0 Å². The SMILES string of the molecule is c1ccc(-c2ccc(N(c3cc4c5c(c3)N(c3c(-c6ccccc6)cccc3-c3ccccc3)c3cc6c(cc3B5c3ccccc3N4c3ccccc3)B3c4ccccc4Sc4cc(N(c5ccccc5)c5ccccc5)cc(c43)S6)c3ccccc3-c3ccccc3)cc2)cc1. The van der Waals surface area contributed by atoms with Crippen molar-refractivity contribution >= 4 is 138 Å². The molecular formula is C90H60B2N4S2. The summed E-state index contributed by atoms with van der Waals surface area (Å²) in [4.78, 5) is 15.3. The molecule has 4 heterocycles. The van der Waals surface area contributed by atoms with E-state index in [0.717, 1.165) is 107 Å². The Kier molecular flexibility index (Phi) is 14.3. The van der Waals surface area contributed by atoms with E-state index in [1.165, 1.54) is 57.9 Å². The standard InChI is InChI=1S/C90H60B2N4S2/c1-8-29-61(30-9-1)62-51-53-69(54-52-62)94(79-48-25-22-43-72(79)63-31-10-2-11-32-63)70-55-82-88-83(56-70)96(90-73(64-33-12-3-13-34-64)44-28-45-74(90)65-35-14-4-15-36-65)81-60-85-78(59-77(81)91(88)75-46-23-26-49-80(75)95(82)68-41-20-7-21-42-68)92-76-47-24-27-50-84(76)97-86-57-71(58-87(98-85)89(86)92)93(66-37-16-5-17-38-66)67-39-18-6-19-40-67/h1-60H. The molecule has 4 aliphatic rings. The van der Waals surface area contributed by atoms with E-state index in [9.17, 15) is 0 Å². The summed E-state index contributed by atoms with van der Waals surface area (Å²) in [6, 6.07) is 135. The van der Waals surface area contributed by atoms with Crippen molar-refractivity contribution in [1.29, 1.82) is 0 Å². The lowest BCUT2D eigenvalue weighted by Crippen LogP contribution is -2.64. The van der Waals surface area contributed by atoms with Gasteiger partial charge in [0.25, 0.3) is 6.71 Å². The molecule has 0 saturated heterocycles. The summed E-state index contributed by atoms with van der Waals surface area (Å²) >= 11 is 3.84. The second kappa shape index (κ2) is 24.2. The van der Waals surface area contributed by atoms with Gasteiger partial charge in [0.15, 0.2) is 0 Å². The van der Waals surface area contributed by atoms with Gasteiger partial charge in [0.1, 0.15) is 0 Å². The molecule has 0 N–H and O–H groups in total. The second-order valence-electron chi connectivity index (χ2n) is 25.4. The summed E-state index contributed by atoms with van der Waals surface area (Å²) in [5.41, 5.74) is 30.2. The van der Waals surface area contributed by atoms with Crippen LogP contribution in [0.3, 0.4) is 0 Å². The first-order valence-electron chi connectivity index (χ1n) is 33.6. The number of benzene rings is 15. The largest absolute Gasteiger partial charge is 0.311 e. The molecule has 4 nitrogen and oxygen atoms in total. The first-order valence-corrected chi connectivity index (χ1v) is 35.3. The quantitative estimate of drug-likeness (QED) is 0.112. The molecule has 0 aromatic heterocycles. The fraction of sp³-hybridized carbons (Fsp3) is 0. The maximum absolute atomic E-state index is 2.70. The Morgan fingerprint density at radius 2 is 0.684 bits per heavy atom. The summed E-state index contributed by atoms with van der Waals surface area (Å²) < 4.78 is 0. The molecule has 0 aliphatic carbocycles. The minimum absolute atomic E-state index is 0.0331. The third-order valence-electron chi connectivity index (χ3n) is 19.9. The van der Waals surface area contributed by atoms with Gasteiger partial charge in [-0.15, -0.1) is 0 Å². The van der Waals surface area contributed by atoms with Crippen LogP contribution in [0.5, 0.6) is 0 Å². The van der Waals surface area contributed by atoms with Crippen molar-refractivity contribution in [2.75, 3.05) is 19.6 Å². The highest BCUT2D eigenvalue weighted by Gasteiger charge is 2.47. The van der Waals surface area contributed by atoms with Crippen LogP contribution in [-0.4, -0.2) is 13.4 Å². The average molecular weight is 1280 g/mol. The molecule has 0 saturated carbocycles.